The smallest absolute Gasteiger partial charge is 0.227 e. The van der Waals surface area contributed by atoms with Crippen molar-refractivity contribution in [1.82, 2.24) is 14.7 Å². The van der Waals surface area contributed by atoms with Crippen molar-refractivity contribution in [2.45, 2.75) is 50.8 Å². The summed E-state index contributed by atoms with van der Waals surface area (Å²) in [4.78, 5) is 20.1. The number of likely N-dealkylation sites (tertiary alicyclic amines) is 2. The molecule has 3 fully saturated rings. The van der Waals surface area contributed by atoms with E-state index >= 15 is 0 Å². The van der Waals surface area contributed by atoms with Gasteiger partial charge < -0.3 is 14.5 Å². The minimum absolute atomic E-state index is 0.210. The zero-order valence-electron chi connectivity index (χ0n) is 16.7. The Kier molecular flexibility index (Phi) is 8.10. The monoisotopic (exact) mass is 383 g/mol. The van der Waals surface area contributed by atoms with Crippen molar-refractivity contribution < 1.29 is 9.53 Å². The van der Waals surface area contributed by atoms with Gasteiger partial charge in [0.2, 0.25) is 5.91 Å². The summed E-state index contributed by atoms with van der Waals surface area (Å²) in [5.74, 6) is 1.84. The molecule has 0 N–H and O–H groups in total. The SMILES string of the molecule is CC(C)SCCN1CCC(N2CCC[C@@H](C(=O)N3CCOCC3)C2)CC1. The summed E-state index contributed by atoms with van der Waals surface area (Å²) < 4.78 is 5.39. The molecule has 3 rings (SSSR count). The number of nitrogens with zero attached hydrogens (tertiary/aromatic N) is 3. The van der Waals surface area contributed by atoms with Crippen LogP contribution < -0.4 is 0 Å². The molecule has 1 atom stereocenters. The molecule has 0 radical (unpaired) electrons. The lowest BCUT2D eigenvalue weighted by atomic mass is 9.92. The van der Waals surface area contributed by atoms with Crippen LogP contribution in [0.25, 0.3) is 0 Å². The van der Waals surface area contributed by atoms with Crippen LogP contribution in [-0.2, 0) is 9.53 Å². The molecular formula is C20H37N3O2S. The van der Waals surface area contributed by atoms with Gasteiger partial charge in [-0.3, -0.25) is 9.69 Å². The molecule has 3 heterocycles. The van der Waals surface area contributed by atoms with Gasteiger partial charge in [0, 0.05) is 38.0 Å². The van der Waals surface area contributed by atoms with E-state index in [1.54, 1.807) is 0 Å². The minimum Gasteiger partial charge on any atom is -0.378 e. The van der Waals surface area contributed by atoms with E-state index in [-0.39, 0.29) is 5.92 Å². The van der Waals surface area contributed by atoms with E-state index in [0.29, 0.717) is 25.2 Å². The lowest BCUT2D eigenvalue weighted by molar-refractivity contribution is -0.142. The summed E-state index contributed by atoms with van der Waals surface area (Å²) >= 11 is 2.07. The summed E-state index contributed by atoms with van der Waals surface area (Å²) in [6.07, 6.45) is 4.78. The van der Waals surface area contributed by atoms with Crippen LogP contribution in [0.15, 0.2) is 0 Å². The maximum absolute atomic E-state index is 12.8. The molecule has 0 spiro atoms. The molecule has 1 amide bonds. The lowest BCUT2D eigenvalue weighted by Crippen LogP contribution is -2.52. The van der Waals surface area contributed by atoms with Gasteiger partial charge in [0.05, 0.1) is 19.1 Å². The van der Waals surface area contributed by atoms with Crippen LogP contribution >= 0.6 is 11.8 Å². The second kappa shape index (κ2) is 10.3. The molecule has 3 aliphatic heterocycles. The fourth-order valence-corrected chi connectivity index (χ4v) is 5.34. The van der Waals surface area contributed by atoms with Crippen molar-refractivity contribution in [2.24, 2.45) is 5.92 Å². The summed E-state index contributed by atoms with van der Waals surface area (Å²) in [6, 6.07) is 0.685. The summed E-state index contributed by atoms with van der Waals surface area (Å²) in [7, 11) is 0. The van der Waals surface area contributed by atoms with Gasteiger partial charge in [0.1, 0.15) is 0 Å². The van der Waals surface area contributed by atoms with E-state index in [9.17, 15) is 4.79 Å². The molecule has 26 heavy (non-hydrogen) atoms. The van der Waals surface area contributed by atoms with E-state index in [4.69, 9.17) is 4.74 Å². The zero-order valence-corrected chi connectivity index (χ0v) is 17.5. The first-order valence-corrected chi connectivity index (χ1v) is 11.6. The average molecular weight is 384 g/mol. The van der Waals surface area contributed by atoms with Gasteiger partial charge >= 0.3 is 0 Å². The van der Waals surface area contributed by atoms with Crippen LogP contribution in [0.2, 0.25) is 0 Å². The highest BCUT2D eigenvalue weighted by atomic mass is 32.2. The third-order valence-corrected chi connectivity index (χ3v) is 7.14. The molecule has 3 saturated heterocycles. The second-order valence-corrected chi connectivity index (χ2v) is 9.95. The van der Waals surface area contributed by atoms with E-state index < -0.39 is 0 Å². The number of ether oxygens (including phenoxy) is 1. The Morgan fingerprint density at radius 3 is 2.50 bits per heavy atom. The van der Waals surface area contributed by atoms with E-state index in [1.165, 1.54) is 51.2 Å². The van der Waals surface area contributed by atoms with Crippen LogP contribution in [0, 0.1) is 5.92 Å². The standard InChI is InChI=1S/C20H37N3O2S/c1-17(2)26-15-12-21-8-5-19(6-9-21)23-7-3-4-18(16-23)20(24)22-10-13-25-14-11-22/h17-19H,3-16H2,1-2H3/t18-/m1/s1. The van der Waals surface area contributed by atoms with Crippen molar-refractivity contribution in [3.8, 4) is 0 Å². The third kappa shape index (κ3) is 5.85. The van der Waals surface area contributed by atoms with E-state index in [0.717, 1.165) is 31.3 Å². The fraction of sp³-hybridized carbons (Fsp3) is 0.950. The summed E-state index contributed by atoms with van der Waals surface area (Å²) in [5.41, 5.74) is 0. The molecular weight excluding hydrogens is 346 g/mol. The second-order valence-electron chi connectivity index (χ2n) is 8.26. The fourth-order valence-electron chi connectivity index (χ4n) is 4.51. The van der Waals surface area contributed by atoms with Gasteiger partial charge in [0.15, 0.2) is 0 Å². The van der Waals surface area contributed by atoms with Gasteiger partial charge in [-0.15, -0.1) is 0 Å². The Morgan fingerprint density at radius 2 is 1.81 bits per heavy atom. The minimum atomic E-state index is 0.210. The normalized spacial score (nSPS) is 27.2. The predicted molar refractivity (Wildman–Crippen MR) is 109 cm³/mol. The van der Waals surface area contributed by atoms with Gasteiger partial charge in [-0.05, 0) is 50.6 Å². The van der Waals surface area contributed by atoms with Crippen molar-refractivity contribution in [1.29, 1.82) is 0 Å². The summed E-state index contributed by atoms with van der Waals surface area (Å²) in [6.45, 7) is 13.4. The van der Waals surface area contributed by atoms with Crippen LogP contribution in [0.4, 0.5) is 0 Å². The Morgan fingerprint density at radius 1 is 1.08 bits per heavy atom. The Bertz CT molecular complexity index is 435. The number of morpholine rings is 1. The van der Waals surface area contributed by atoms with E-state index in [1.807, 2.05) is 4.90 Å². The van der Waals surface area contributed by atoms with Gasteiger partial charge in [0.25, 0.3) is 0 Å². The number of hydrogen-bond donors (Lipinski definition) is 0. The Hall–Kier alpha value is -0.300. The lowest BCUT2D eigenvalue weighted by Gasteiger charge is -2.43. The predicted octanol–water partition coefficient (Wildman–Crippen LogP) is 2.16. The van der Waals surface area contributed by atoms with Crippen LogP contribution in [0.1, 0.15) is 39.5 Å². The number of thioether (sulfide) groups is 1. The molecule has 0 unspecified atom stereocenters. The van der Waals surface area contributed by atoms with Crippen molar-refractivity contribution in [2.75, 3.05) is 64.8 Å². The van der Waals surface area contributed by atoms with Gasteiger partial charge in [-0.1, -0.05) is 13.8 Å². The average Bonchev–Trinajstić information content (AvgIpc) is 2.68. The number of carbonyl (C=O) groups excluding carboxylic acids is 1. The van der Waals surface area contributed by atoms with Gasteiger partial charge in [-0.25, -0.2) is 0 Å². The Balaban J connectivity index is 1.41. The largest absolute Gasteiger partial charge is 0.378 e. The van der Waals surface area contributed by atoms with E-state index in [2.05, 4.69) is 35.4 Å². The molecule has 6 heteroatoms. The number of rotatable bonds is 6. The maximum Gasteiger partial charge on any atom is 0.227 e. The van der Waals surface area contributed by atoms with Crippen LogP contribution in [-0.4, -0.2) is 96.7 Å². The molecule has 0 aromatic heterocycles. The first-order valence-electron chi connectivity index (χ1n) is 10.6. The molecule has 3 aliphatic rings. The summed E-state index contributed by atoms with van der Waals surface area (Å²) in [5, 5.41) is 0.738. The van der Waals surface area contributed by atoms with Crippen molar-refractivity contribution in [3.05, 3.63) is 0 Å². The van der Waals surface area contributed by atoms with Crippen LogP contribution in [0.5, 0.6) is 0 Å². The number of amides is 1. The molecule has 0 saturated carbocycles. The molecule has 5 nitrogen and oxygen atoms in total. The third-order valence-electron chi connectivity index (χ3n) is 6.06. The van der Waals surface area contributed by atoms with Crippen molar-refractivity contribution >= 4 is 17.7 Å². The highest BCUT2D eigenvalue weighted by molar-refractivity contribution is 7.99. The zero-order chi connectivity index (χ0) is 18.4. The highest BCUT2D eigenvalue weighted by Gasteiger charge is 2.33. The highest BCUT2D eigenvalue weighted by Crippen LogP contribution is 2.25. The van der Waals surface area contributed by atoms with Crippen LogP contribution in [0.3, 0.4) is 0 Å². The topological polar surface area (TPSA) is 36.0 Å². The molecule has 150 valence electrons. The first-order chi connectivity index (χ1) is 12.6. The number of piperidine rings is 2. The number of carbonyl (C=O) groups is 1. The van der Waals surface area contributed by atoms with Gasteiger partial charge in [-0.2, -0.15) is 11.8 Å². The maximum atomic E-state index is 12.8. The first kappa shape index (κ1) is 20.4. The Labute approximate surface area is 163 Å². The molecule has 0 bridgehead atoms. The molecule has 0 aromatic carbocycles. The quantitative estimate of drug-likeness (QED) is 0.702. The number of hydrogen-bond acceptors (Lipinski definition) is 5. The van der Waals surface area contributed by atoms with Crippen molar-refractivity contribution in [3.63, 3.8) is 0 Å². The molecule has 0 aliphatic carbocycles. The molecule has 0 aromatic rings.